The highest BCUT2D eigenvalue weighted by Gasteiger charge is 2.30. The highest BCUT2D eigenvalue weighted by Crippen LogP contribution is 2.28. The number of rotatable bonds is 3. The first-order valence-corrected chi connectivity index (χ1v) is 8.37. The van der Waals surface area contributed by atoms with E-state index in [1.54, 1.807) is 4.90 Å². The molecule has 2 N–H and O–H groups in total. The van der Waals surface area contributed by atoms with E-state index in [1.165, 1.54) is 18.2 Å². The van der Waals surface area contributed by atoms with Gasteiger partial charge in [-0.05, 0) is 24.5 Å². The van der Waals surface area contributed by atoms with Gasteiger partial charge in [-0.1, -0.05) is 31.0 Å². The van der Waals surface area contributed by atoms with Crippen molar-refractivity contribution < 1.29 is 13.2 Å². The molecule has 2 rings (SSSR count). The van der Waals surface area contributed by atoms with Gasteiger partial charge in [-0.2, -0.15) is 0 Å². The zero-order valence-electron chi connectivity index (χ0n) is 11.2. The number of likely N-dealkylation sites (tertiary alicyclic amines) is 1. The Morgan fingerprint density at radius 3 is 2.75 bits per heavy atom. The zero-order chi connectivity index (χ0) is 14.9. The first-order valence-electron chi connectivity index (χ1n) is 6.45. The van der Waals surface area contributed by atoms with E-state index >= 15 is 0 Å². The molecule has 1 aromatic rings. The minimum absolute atomic E-state index is 0.0200. The number of carbonyl (C=O) groups excluding carboxylic acids is 1. The van der Waals surface area contributed by atoms with E-state index in [0.717, 1.165) is 12.8 Å². The van der Waals surface area contributed by atoms with Gasteiger partial charge in [0.1, 0.15) is 0 Å². The summed E-state index contributed by atoms with van der Waals surface area (Å²) in [5, 5.41) is 5.27. The molecule has 0 bridgehead atoms. The van der Waals surface area contributed by atoms with Gasteiger partial charge in [0, 0.05) is 13.1 Å². The van der Waals surface area contributed by atoms with Crippen molar-refractivity contribution in [3.63, 3.8) is 0 Å². The topological polar surface area (TPSA) is 80.5 Å². The summed E-state index contributed by atoms with van der Waals surface area (Å²) in [5.41, 5.74) is -0.0200. The van der Waals surface area contributed by atoms with Gasteiger partial charge in [-0.25, -0.2) is 13.6 Å². The van der Waals surface area contributed by atoms with Crippen molar-refractivity contribution in [1.29, 1.82) is 0 Å². The largest absolute Gasteiger partial charge is 0.338 e. The van der Waals surface area contributed by atoms with Gasteiger partial charge in [0.2, 0.25) is 10.0 Å². The number of halogens is 1. The fraction of sp³-hybridized carbons (Fsp3) is 0.462. The molecule has 1 saturated heterocycles. The summed E-state index contributed by atoms with van der Waals surface area (Å²) in [5.74, 6) is 0.0925. The number of nitrogens with two attached hydrogens (primary N) is 1. The third kappa shape index (κ3) is 2.97. The number of amides is 1. The van der Waals surface area contributed by atoms with Crippen LogP contribution in [0.2, 0.25) is 5.02 Å². The summed E-state index contributed by atoms with van der Waals surface area (Å²) >= 11 is 6.01. The normalized spacial score (nSPS) is 19.4. The second-order valence-electron chi connectivity index (χ2n) is 4.97. The molecule has 1 heterocycles. The highest BCUT2D eigenvalue weighted by atomic mass is 35.5. The fourth-order valence-electron chi connectivity index (χ4n) is 2.46. The van der Waals surface area contributed by atoms with Crippen molar-refractivity contribution >= 4 is 27.5 Å². The lowest BCUT2D eigenvalue weighted by Gasteiger charge is -2.18. The van der Waals surface area contributed by atoms with Crippen LogP contribution in [0, 0.1) is 5.92 Å². The predicted molar refractivity (Wildman–Crippen MR) is 77.1 cm³/mol. The van der Waals surface area contributed by atoms with Gasteiger partial charge < -0.3 is 4.90 Å². The van der Waals surface area contributed by atoms with Crippen molar-refractivity contribution in [2.75, 3.05) is 13.1 Å². The van der Waals surface area contributed by atoms with Gasteiger partial charge in [-0.3, -0.25) is 4.79 Å². The average Bonchev–Trinajstić information content (AvgIpc) is 2.85. The van der Waals surface area contributed by atoms with Gasteiger partial charge in [-0.15, -0.1) is 0 Å². The van der Waals surface area contributed by atoms with Crippen molar-refractivity contribution in [2.45, 2.75) is 24.7 Å². The maximum atomic E-state index is 12.5. The molecule has 7 heteroatoms. The molecule has 1 aliphatic heterocycles. The van der Waals surface area contributed by atoms with Crippen LogP contribution in [-0.2, 0) is 10.0 Å². The molecule has 1 aromatic carbocycles. The molecule has 1 aliphatic rings. The summed E-state index contributed by atoms with van der Waals surface area (Å²) in [6, 6.07) is 4.27. The first-order chi connectivity index (χ1) is 9.34. The molecule has 0 saturated carbocycles. The minimum atomic E-state index is -3.98. The number of benzene rings is 1. The molecule has 1 amide bonds. The number of hydrogen-bond acceptors (Lipinski definition) is 3. The van der Waals surface area contributed by atoms with Gasteiger partial charge >= 0.3 is 0 Å². The predicted octanol–water partition coefficient (Wildman–Crippen LogP) is 1.86. The molecule has 110 valence electrons. The van der Waals surface area contributed by atoms with Crippen molar-refractivity contribution in [2.24, 2.45) is 11.1 Å². The van der Waals surface area contributed by atoms with E-state index in [-0.39, 0.29) is 21.4 Å². The minimum Gasteiger partial charge on any atom is -0.338 e. The number of primary sulfonamides is 1. The van der Waals surface area contributed by atoms with E-state index < -0.39 is 10.0 Å². The molecule has 0 aromatic heterocycles. The molecule has 5 nitrogen and oxygen atoms in total. The van der Waals surface area contributed by atoms with Crippen molar-refractivity contribution in [3.8, 4) is 0 Å². The van der Waals surface area contributed by atoms with E-state index in [2.05, 4.69) is 6.92 Å². The van der Waals surface area contributed by atoms with Crippen LogP contribution in [0.1, 0.15) is 30.1 Å². The zero-order valence-corrected chi connectivity index (χ0v) is 12.7. The lowest BCUT2D eigenvalue weighted by Crippen LogP contribution is -2.31. The van der Waals surface area contributed by atoms with Crippen LogP contribution in [0.15, 0.2) is 23.1 Å². The Hall–Kier alpha value is -1.11. The van der Waals surface area contributed by atoms with Crippen LogP contribution in [0.4, 0.5) is 0 Å². The standard InChI is InChI=1S/C13H17ClN2O3S/c1-2-9-6-7-16(8-9)13(17)12-10(14)4-3-5-11(12)20(15,18)19/h3-5,9H,2,6-8H2,1H3,(H2,15,18,19). The molecule has 20 heavy (non-hydrogen) atoms. The number of hydrogen-bond donors (Lipinski definition) is 1. The molecular weight excluding hydrogens is 300 g/mol. The van der Waals surface area contributed by atoms with Crippen LogP contribution in [0.5, 0.6) is 0 Å². The SMILES string of the molecule is CCC1CCN(C(=O)c2c(Cl)cccc2S(N)(=O)=O)C1. The van der Waals surface area contributed by atoms with Crippen LogP contribution in [0.25, 0.3) is 0 Å². The van der Waals surface area contributed by atoms with E-state index in [1.807, 2.05) is 0 Å². The monoisotopic (exact) mass is 316 g/mol. The molecule has 0 radical (unpaired) electrons. The van der Waals surface area contributed by atoms with E-state index in [0.29, 0.717) is 19.0 Å². The summed E-state index contributed by atoms with van der Waals surface area (Å²) < 4.78 is 23.2. The Morgan fingerprint density at radius 1 is 1.50 bits per heavy atom. The van der Waals surface area contributed by atoms with Crippen LogP contribution < -0.4 is 5.14 Å². The second kappa shape index (κ2) is 5.71. The summed E-state index contributed by atoms with van der Waals surface area (Å²) in [6.45, 7) is 3.32. The van der Waals surface area contributed by atoms with Gasteiger partial charge in [0.15, 0.2) is 0 Å². The number of sulfonamides is 1. The third-order valence-electron chi connectivity index (χ3n) is 3.65. The molecule has 0 spiro atoms. The number of nitrogens with zero attached hydrogens (tertiary/aromatic N) is 1. The smallest absolute Gasteiger partial charge is 0.256 e. The Labute approximate surface area is 123 Å². The summed E-state index contributed by atoms with van der Waals surface area (Å²) in [7, 11) is -3.98. The van der Waals surface area contributed by atoms with Crippen LogP contribution >= 0.6 is 11.6 Å². The van der Waals surface area contributed by atoms with E-state index in [9.17, 15) is 13.2 Å². The summed E-state index contributed by atoms with van der Waals surface area (Å²) in [6.07, 6.45) is 1.92. The van der Waals surface area contributed by atoms with Gasteiger partial charge in [0.05, 0.1) is 15.5 Å². The summed E-state index contributed by atoms with van der Waals surface area (Å²) in [4.78, 5) is 13.9. The second-order valence-corrected chi connectivity index (χ2v) is 6.91. The molecule has 1 atom stereocenters. The van der Waals surface area contributed by atoms with E-state index in [4.69, 9.17) is 16.7 Å². The maximum Gasteiger partial charge on any atom is 0.256 e. The van der Waals surface area contributed by atoms with Crippen molar-refractivity contribution in [3.05, 3.63) is 28.8 Å². The Morgan fingerprint density at radius 2 is 2.20 bits per heavy atom. The lowest BCUT2D eigenvalue weighted by molar-refractivity contribution is 0.0783. The molecular formula is C13H17ClN2O3S. The Kier molecular flexibility index (Phi) is 4.36. The molecule has 1 fully saturated rings. The van der Waals surface area contributed by atoms with Crippen LogP contribution in [0.3, 0.4) is 0 Å². The van der Waals surface area contributed by atoms with Gasteiger partial charge in [0.25, 0.3) is 5.91 Å². The quantitative estimate of drug-likeness (QED) is 0.924. The molecule has 1 unspecified atom stereocenters. The molecule has 0 aliphatic carbocycles. The van der Waals surface area contributed by atoms with Crippen molar-refractivity contribution in [1.82, 2.24) is 4.90 Å². The third-order valence-corrected chi connectivity index (χ3v) is 4.91. The first kappa shape index (κ1) is 15.3. The van der Waals surface area contributed by atoms with Crippen LogP contribution in [-0.4, -0.2) is 32.3 Å². The fourth-order valence-corrected chi connectivity index (χ4v) is 3.52. The Bertz CT molecular complexity index is 631. The maximum absolute atomic E-state index is 12.5. The Balaban J connectivity index is 2.40. The lowest BCUT2D eigenvalue weighted by atomic mass is 10.1. The highest BCUT2D eigenvalue weighted by molar-refractivity contribution is 7.89. The number of carbonyl (C=O) groups is 1. The average molecular weight is 317 g/mol.